The van der Waals surface area contributed by atoms with E-state index in [0.717, 1.165) is 30.7 Å². The molecular formula is C12H8BrClN2S. The highest BCUT2D eigenvalue weighted by molar-refractivity contribution is 9.10. The number of imidazole rings is 1. The fourth-order valence-electron chi connectivity index (χ4n) is 1.73. The van der Waals surface area contributed by atoms with Crippen molar-refractivity contribution in [3.63, 3.8) is 0 Å². The van der Waals surface area contributed by atoms with Gasteiger partial charge in [0.15, 0.2) is 0 Å². The third-order valence-electron chi connectivity index (χ3n) is 2.64. The molecule has 3 rings (SSSR count). The average Bonchev–Trinajstić information content (AvgIpc) is 2.90. The fraction of sp³-hybridized carbons (Fsp3) is 0.0833. The molecule has 2 nitrogen and oxygen atoms in total. The van der Waals surface area contributed by atoms with Gasteiger partial charge >= 0.3 is 0 Å². The predicted octanol–water partition coefficient (Wildman–Crippen LogP) is 4.79. The molecule has 0 fully saturated rings. The lowest BCUT2D eigenvalue weighted by molar-refractivity contribution is 1.08. The number of hydrogen-bond donors (Lipinski definition) is 0. The molecule has 0 radical (unpaired) electrons. The summed E-state index contributed by atoms with van der Waals surface area (Å²) in [4.78, 5) is 5.68. The van der Waals surface area contributed by atoms with E-state index in [1.165, 1.54) is 0 Å². The zero-order chi connectivity index (χ0) is 12.0. The molecule has 0 aromatic carbocycles. The Morgan fingerprint density at radius 3 is 2.82 bits per heavy atom. The first-order valence-electron chi connectivity index (χ1n) is 5.05. The van der Waals surface area contributed by atoms with Crippen LogP contribution in [-0.2, 0) is 0 Å². The van der Waals surface area contributed by atoms with Crippen LogP contribution in [0.5, 0.6) is 0 Å². The van der Waals surface area contributed by atoms with E-state index in [2.05, 4.69) is 32.2 Å². The highest BCUT2D eigenvalue weighted by atomic mass is 79.9. The third-order valence-corrected chi connectivity index (χ3v) is 4.74. The summed E-state index contributed by atoms with van der Waals surface area (Å²) in [5.41, 5.74) is 3.05. The van der Waals surface area contributed by atoms with Gasteiger partial charge in [-0.3, -0.25) is 0 Å². The van der Waals surface area contributed by atoms with Crippen LogP contribution in [0.1, 0.15) is 5.69 Å². The molecule has 3 aromatic heterocycles. The van der Waals surface area contributed by atoms with Crippen molar-refractivity contribution in [2.45, 2.75) is 6.92 Å². The Hall–Kier alpha value is -0.840. The summed E-state index contributed by atoms with van der Waals surface area (Å²) in [7, 11) is 0. The van der Waals surface area contributed by atoms with Gasteiger partial charge in [-0.1, -0.05) is 11.6 Å². The van der Waals surface area contributed by atoms with E-state index in [1.54, 1.807) is 11.3 Å². The normalized spacial score (nSPS) is 11.2. The van der Waals surface area contributed by atoms with Gasteiger partial charge in [-0.15, -0.1) is 11.3 Å². The van der Waals surface area contributed by atoms with Gasteiger partial charge in [-0.2, -0.15) is 0 Å². The lowest BCUT2D eigenvalue weighted by Gasteiger charge is -2.00. The van der Waals surface area contributed by atoms with Gasteiger partial charge in [0.25, 0.3) is 0 Å². The molecule has 0 saturated carbocycles. The maximum atomic E-state index is 5.94. The van der Waals surface area contributed by atoms with E-state index < -0.39 is 0 Å². The Morgan fingerprint density at radius 1 is 1.29 bits per heavy atom. The molecule has 0 N–H and O–H groups in total. The maximum Gasteiger partial charge on any atom is 0.137 e. The molecule has 0 spiro atoms. The van der Waals surface area contributed by atoms with Crippen LogP contribution in [-0.4, -0.2) is 9.38 Å². The van der Waals surface area contributed by atoms with E-state index in [0.29, 0.717) is 0 Å². The summed E-state index contributed by atoms with van der Waals surface area (Å²) in [5.74, 6) is 0. The summed E-state index contributed by atoms with van der Waals surface area (Å²) in [5, 5.41) is 0. The zero-order valence-electron chi connectivity index (χ0n) is 8.95. The second kappa shape index (κ2) is 4.12. The van der Waals surface area contributed by atoms with E-state index in [-0.39, 0.29) is 0 Å². The number of nitrogens with zero attached hydrogens (tertiary/aromatic N) is 2. The van der Waals surface area contributed by atoms with Crippen molar-refractivity contribution in [3.8, 4) is 10.6 Å². The Bertz CT molecular complexity index is 702. The Morgan fingerprint density at radius 2 is 2.12 bits per heavy atom. The van der Waals surface area contributed by atoms with Gasteiger partial charge in [0, 0.05) is 16.4 Å². The number of fused-ring (bicyclic) bond motifs is 1. The number of hydrogen-bond acceptors (Lipinski definition) is 2. The summed E-state index contributed by atoms with van der Waals surface area (Å²) in [6, 6.07) is 7.91. The van der Waals surface area contributed by atoms with Gasteiger partial charge in [0.05, 0.1) is 14.9 Å². The maximum absolute atomic E-state index is 5.94. The molecule has 0 aliphatic rings. The minimum Gasteiger partial charge on any atom is -0.303 e. The van der Waals surface area contributed by atoms with Crippen LogP contribution < -0.4 is 0 Å². The second-order valence-electron chi connectivity index (χ2n) is 3.72. The van der Waals surface area contributed by atoms with Crippen LogP contribution in [0.2, 0.25) is 4.34 Å². The van der Waals surface area contributed by atoms with Crippen molar-refractivity contribution >= 4 is 44.5 Å². The molecule has 0 atom stereocenters. The summed E-state index contributed by atoms with van der Waals surface area (Å²) in [6.07, 6.45) is 2.04. The quantitative estimate of drug-likeness (QED) is 0.628. The Kier molecular flexibility index (Phi) is 2.73. The van der Waals surface area contributed by atoms with Crippen LogP contribution in [0.3, 0.4) is 0 Å². The highest BCUT2D eigenvalue weighted by Crippen LogP contribution is 2.31. The van der Waals surface area contributed by atoms with Crippen molar-refractivity contribution in [1.29, 1.82) is 0 Å². The number of pyridine rings is 1. The molecular weight excluding hydrogens is 320 g/mol. The van der Waals surface area contributed by atoms with Crippen LogP contribution in [0.4, 0.5) is 0 Å². The van der Waals surface area contributed by atoms with Crippen molar-refractivity contribution < 1.29 is 0 Å². The van der Waals surface area contributed by atoms with Crippen LogP contribution in [0.15, 0.2) is 34.9 Å². The van der Waals surface area contributed by atoms with E-state index in [4.69, 9.17) is 11.6 Å². The second-order valence-corrected chi connectivity index (χ2v) is 6.29. The molecule has 17 heavy (non-hydrogen) atoms. The topological polar surface area (TPSA) is 17.3 Å². The zero-order valence-corrected chi connectivity index (χ0v) is 12.1. The fourth-order valence-corrected chi connectivity index (χ4v) is 3.06. The highest BCUT2D eigenvalue weighted by Gasteiger charge is 2.09. The van der Waals surface area contributed by atoms with Crippen molar-refractivity contribution in [3.05, 3.63) is 45.0 Å². The van der Waals surface area contributed by atoms with E-state index in [9.17, 15) is 0 Å². The first-order valence-corrected chi connectivity index (χ1v) is 7.04. The van der Waals surface area contributed by atoms with E-state index >= 15 is 0 Å². The number of thiophene rings is 1. The molecule has 0 bridgehead atoms. The molecule has 0 aliphatic heterocycles. The van der Waals surface area contributed by atoms with Crippen molar-refractivity contribution in [2.24, 2.45) is 0 Å². The smallest absolute Gasteiger partial charge is 0.137 e. The summed E-state index contributed by atoms with van der Waals surface area (Å²) in [6.45, 7) is 2.06. The molecule has 5 heteroatoms. The number of aromatic nitrogens is 2. The lowest BCUT2D eigenvalue weighted by Crippen LogP contribution is -1.89. The van der Waals surface area contributed by atoms with Gasteiger partial charge in [0.2, 0.25) is 0 Å². The Balaban J connectivity index is 2.23. The minimum absolute atomic E-state index is 0.787. The molecule has 0 unspecified atom stereocenters. The standard InChI is InChI=1S/C12H8BrClN2S/c1-7-8(13)2-5-12-15-9(6-16(7)12)10-3-4-11(14)17-10/h2-6H,1H3. The molecule has 86 valence electrons. The van der Waals surface area contributed by atoms with Gasteiger partial charge in [0.1, 0.15) is 5.65 Å². The first kappa shape index (κ1) is 11.3. The first-order chi connectivity index (χ1) is 8.15. The SMILES string of the molecule is Cc1c(Br)ccc2nc(-c3ccc(Cl)s3)cn12. The molecule has 3 aromatic rings. The molecule has 0 aliphatic carbocycles. The van der Waals surface area contributed by atoms with Crippen LogP contribution in [0.25, 0.3) is 16.2 Å². The summed E-state index contributed by atoms with van der Waals surface area (Å²) < 4.78 is 3.95. The monoisotopic (exact) mass is 326 g/mol. The number of aryl methyl sites for hydroxylation is 1. The van der Waals surface area contributed by atoms with Crippen LogP contribution in [0, 0.1) is 6.92 Å². The lowest BCUT2D eigenvalue weighted by atomic mass is 10.3. The average molecular weight is 328 g/mol. The largest absolute Gasteiger partial charge is 0.303 e. The summed E-state index contributed by atoms with van der Waals surface area (Å²) >= 11 is 11.0. The van der Waals surface area contributed by atoms with Gasteiger partial charge < -0.3 is 4.40 Å². The molecule has 0 amide bonds. The van der Waals surface area contributed by atoms with Crippen molar-refractivity contribution in [1.82, 2.24) is 9.38 Å². The number of halogens is 2. The molecule has 0 saturated heterocycles. The molecule has 3 heterocycles. The van der Waals surface area contributed by atoms with Gasteiger partial charge in [-0.25, -0.2) is 4.98 Å². The number of rotatable bonds is 1. The minimum atomic E-state index is 0.787. The van der Waals surface area contributed by atoms with E-state index in [1.807, 2.05) is 30.5 Å². The van der Waals surface area contributed by atoms with Crippen molar-refractivity contribution in [2.75, 3.05) is 0 Å². The van der Waals surface area contributed by atoms with Gasteiger partial charge in [-0.05, 0) is 47.1 Å². The Labute approximate surface area is 116 Å². The third kappa shape index (κ3) is 1.90. The van der Waals surface area contributed by atoms with Crippen LogP contribution >= 0.6 is 38.9 Å². The predicted molar refractivity (Wildman–Crippen MR) is 76.0 cm³/mol.